The number of aromatic nitrogens is 2. The van der Waals surface area contributed by atoms with Crippen LogP contribution in [0, 0.1) is 17.0 Å². The molecule has 1 amide bonds. The fourth-order valence-electron chi connectivity index (χ4n) is 4.78. The van der Waals surface area contributed by atoms with Gasteiger partial charge in [0.05, 0.1) is 16.0 Å². The zero-order valence-electron chi connectivity index (χ0n) is 20.8. The number of fused-ring (bicyclic) bond motifs is 1. The lowest BCUT2D eigenvalue weighted by molar-refractivity contribution is -0.384. The van der Waals surface area contributed by atoms with E-state index < -0.39 is 10.5 Å². The van der Waals surface area contributed by atoms with E-state index in [0.717, 1.165) is 16.8 Å². The van der Waals surface area contributed by atoms with Crippen molar-refractivity contribution in [3.8, 4) is 5.69 Å². The topological polar surface area (TPSA) is 102 Å². The molecule has 9 heteroatoms. The summed E-state index contributed by atoms with van der Waals surface area (Å²) in [7, 11) is 0. The van der Waals surface area contributed by atoms with Crippen LogP contribution in [0.15, 0.2) is 71.5 Å². The van der Waals surface area contributed by atoms with Gasteiger partial charge in [-0.2, -0.15) is 9.78 Å². The number of anilines is 1. The summed E-state index contributed by atoms with van der Waals surface area (Å²) in [4.78, 5) is 41.4. The Balaban J connectivity index is 1.43. The largest absolute Gasteiger partial charge is 0.368 e. The predicted octanol–water partition coefficient (Wildman–Crippen LogP) is 4.13. The highest BCUT2D eigenvalue weighted by Crippen LogP contribution is 2.29. The quantitative estimate of drug-likeness (QED) is 0.304. The van der Waals surface area contributed by atoms with Crippen LogP contribution in [0.25, 0.3) is 16.5 Å². The number of carbonyl (C=O) groups excluding carboxylic acids is 1. The maximum absolute atomic E-state index is 13.3. The minimum Gasteiger partial charge on any atom is -0.368 e. The van der Waals surface area contributed by atoms with Gasteiger partial charge in [0.25, 0.3) is 17.2 Å². The second kappa shape index (κ2) is 9.85. The van der Waals surface area contributed by atoms with Crippen molar-refractivity contribution in [1.82, 2.24) is 14.7 Å². The van der Waals surface area contributed by atoms with Crippen LogP contribution >= 0.6 is 0 Å². The molecule has 0 unspecified atom stereocenters. The summed E-state index contributed by atoms with van der Waals surface area (Å²) < 4.78 is 1.12. The fourth-order valence-corrected chi connectivity index (χ4v) is 4.78. The summed E-state index contributed by atoms with van der Waals surface area (Å²) in [5.41, 5.74) is 2.71. The molecule has 0 atom stereocenters. The molecule has 4 aromatic rings. The van der Waals surface area contributed by atoms with Gasteiger partial charge in [0.1, 0.15) is 5.69 Å². The van der Waals surface area contributed by atoms with Crippen LogP contribution in [0.1, 0.15) is 28.5 Å². The second-order valence-corrected chi connectivity index (χ2v) is 9.11. The number of aryl methyl sites for hydroxylation is 2. The third-order valence-electron chi connectivity index (χ3n) is 6.91. The van der Waals surface area contributed by atoms with Crippen LogP contribution in [0.4, 0.5) is 11.4 Å². The van der Waals surface area contributed by atoms with Gasteiger partial charge in [-0.15, -0.1) is 0 Å². The van der Waals surface area contributed by atoms with Gasteiger partial charge in [-0.3, -0.25) is 19.7 Å². The maximum Gasteiger partial charge on any atom is 0.295 e. The zero-order valence-corrected chi connectivity index (χ0v) is 20.8. The average molecular weight is 498 g/mol. The van der Waals surface area contributed by atoms with Crippen molar-refractivity contribution in [2.75, 3.05) is 31.1 Å². The molecule has 2 heterocycles. The van der Waals surface area contributed by atoms with Crippen molar-refractivity contribution in [2.24, 2.45) is 0 Å². The lowest BCUT2D eigenvalue weighted by Gasteiger charge is -2.36. The molecule has 0 spiro atoms. The van der Waals surface area contributed by atoms with E-state index in [0.29, 0.717) is 48.2 Å². The molecule has 3 aromatic carbocycles. The second-order valence-electron chi connectivity index (χ2n) is 9.11. The molecular formula is C28H27N5O4. The lowest BCUT2D eigenvalue weighted by atomic mass is 10.1. The maximum atomic E-state index is 13.3. The SMILES string of the molecule is CCc1ccc(C(=O)N2CCN(c3ccc([N+](=O)[O-])c(-n4nc(C)c5ccccc5c4=O)c3)CC2)cc1. The molecule has 0 saturated carbocycles. The van der Waals surface area contributed by atoms with Gasteiger partial charge in [0.2, 0.25) is 0 Å². The number of benzene rings is 3. The first-order chi connectivity index (χ1) is 17.9. The molecule has 0 aliphatic carbocycles. The van der Waals surface area contributed by atoms with Gasteiger partial charge in [-0.25, -0.2) is 0 Å². The van der Waals surface area contributed by atoms with Gasteiger partial charge in [-0.1, -0.05) is 37.3 Å². The van der Waals surface area contributed by atoms with E-state index >= 15 is 0 Å². The minimum absolute atomic E-state index is 0.00548. The van der Waals surface area contributed by atoms with Crippen molar-refractivity contribution in [2.45, 2.75) is 20.3 Å². The Morgan fingerprint density at radius 2 is 1.65 bits per heavy atom. The van der Waals surface area contributed by atoms with Gasteiger partial charge in [-0.05, 0) is 49.2 Å². The Hall–Kier alpha value is -4.53. The van der Waals surface area contributed by atoms with Crippen LogP contribution in [-0.4, -0.2) is 51.7 Å². The van der Waals surface area contributed by atoms with Crippen molar-refractivity contribution in [3.63, 3.8) is 0 Å². The Kier molecular flexibility index (Phi) is 6.43. The Morgan fingerprint density at radius 1 is 0.973 bits per heavy atom. The van der Waals surface area contributed by atoms with E-state index in [2.05, 4.69) is 16.9 Å². The molecule has 0 radical (unpaired) electrons. The standard InChI is InChI=1S/C28H27N5O4/c1-3-20-8-10-21(11-9-20)27(34)31-16-14-30(15-17-31)22-12-13-25(33(36)37)26(18-22)32-28(35)24-7-5-4-6-23(24)19(2)29-32/h4-13,18H,3,14-17H2,1-2H3. The van der Waals surface area contributed by atoms with E-state index in [-0.39, 0.29) is 17.3 Å². The molecule has 0 N–H and O–H groups in total. The molecule has 1 saturated heterocycles. The van der Waals surface area contributed by atoms with Gasteiger partial charge in [0, 0.05) is 48.9 Å². The number of carbonyl (C=O) groups is 1. The summed E-state index contributed by atoms with van der Waals surface area (Å²) in [5, 5.41) is 17.4. The third kappa shape index (κ3) is 4.55. The van der Waals surface area contributed by atoms with Crippen LogP contribution in [0.3, 0.4) is 0 Å². The Morgan fingerprint density at radius 3 is 2.30 bits per heavy atom. The highest BCUT2D eigenvalue weighted by Gasteiger charge is 2.25. The smallest absolute Gasteiger partial charge is 0.295 e. The predicted molar refractivity (Wildman–Crippen MR) is 143 cm³/mol. The van der Waals surface area contributed by atoms with Gasteiger partial charge >= 0.3 is 0 Å². The summed E-state index contributed by atoms with van der Waals surface area (Å²) >= 11 is 0. The van der Waals surface area contributed by atoms with Crippen LogP contribution in [0.2, 0.25) is 0 Å². The molecule has 1 aliphatic heterocycles. The molecule has 37 heavy (non-hydrogen) atoms. The number of piperazine rings is 1. The number of hydrogen-bond donors (Lipinski definition) is 0. The van der Waals surface area contributed by atoms with E-state index in [1.807, 2.05) is 41.3 Å². The molecule has 1 aromatic heterocycles. The highest BCUT2D eigenvalue weighted by atomic mass is 16.6. The number of rotatable bonds is 5. The Bertz CT molecular complexity index is 1550. The number of nitro benzene ring substituents is 1. The van der Waals surface area contributed by atoms with E-state index in [9.17, 15) is 19.7 Å². The molecule has 188 valence electrons. The molecule has 9 nitrogen and oxygen atoms in total. The third-order valence-corrected chi connectivity index (χ3v) is 6.91. The summed E-state index contributed by atoms with van der Waals surface area (Å²) in [6.07, 6.45) is 0.921. The molecular weight excluding hydrogens is 470 g/mol. The summed E-state index contributed by atoms with van der Waals surface area (Å²) in [6, 6.07) is 19.5. The van der Waals surface area contributed by atoms with E-state index in [1.54, 1.807) is 31.2 Å². The van der Waals surface area contributed by atoms with Crippen LogP contribution in [-0.2, 0) is 6.42 Å². The molecule has 0 bridgehead atoms. The minimum atomic E-state index is -0.502. The van der Waals surface area contributed by atoms with Crippen molar-refractivity contribution in [3.05, 3.63) is 104 Å². The van der Waals surface area contributed by atoms with Gasteiger partial charge < -0.3 is 9.80 Å². The van der Waals surface area contributed by atoms with Crippen LogP contribution < -0.4 is 10.5 Å². The van der Waals surface area contributed by atoms with E-state index in [4.69, 9.17) is 0 Å². The molecule has 1 fully saturated rings. The molecule has 5 rings (SSSR count). The van der Waals surface area contributed by atoms with Crippen molar-refractivity contribution in [1.29, 1.82) is 0 Å². The van der Waals surface area contributed by atoms with Crippen molar-refractivity contribution >= 4 is 28.1 Å². The van der Waals surface area contributed by atoms with Crippen LogP contribution in [0.5, 0.6) is 0 Å². The number of amides is 1. The van der Waals surface area contributed by atoms with E-state index in [1.165, 1.54) is 11.6 Å². The average Bonchev–Trinajstić information content (AvgIpc) is 2.94. The summed E-state index contributed by atoms with van der Waals surface area (Å²) in [5.74, 6) is -0.00548. The lowest BCUT2D eigenvalue weighted by Crippen LogP contribution is -2.48. The number of hydrogen-bond acceptors (Lipinski definition) is 6. The monoisotopic (exact) mass is 497 g/mol. The first kappa shape index (κ1) is 24.2. The van der Waals surface area contributed by atoms with Crippen molar-refractivity contribution < 1.29 is 9.72 Å². The Labute approximate surface area is 213 Å². The normalized spacial score (nSPS) is 13.7. The molecule has 1 aliphatic rings. The number of nitro groups is 1. The fraction of sp³-hybridized carbons (Fsp3) is 0.250. The van der Waals surface area contributed by atoms with Gasteiger partial charge in [0.15, 0.2) is 0 Å². The zero-order chi connectivity index (χ0) is 26.1. The first-order valence-corrected chi connectivity index (χ1v) is 12.3. The number of nitrogens with zero attached hydrogens (tertiary/aromatic N) is 5. The highest BCUT2D eigenvalue weighted by molar-refractivity contribution is 5.94. The summed E-state index contributed by atoms with van der Waals surface area (Å²) in [6.45, 7) is 6.03. The first-order valence-electron chi connectivity index (χ1n) is 12.3.